The predicted molar refractivity (Wildman–Crippen MR) is 121 cm³/mol. The molecule has 33 heavy (non-hydrogen) atoms. The monoisotopic (exact) mass is 472 g/mol. The van der Waals surface area contributed by atoms with E-state index in [1.807, 2.05) is 0 Å². The van der Waals surface area contributed by atoms with Crippen molar-refractivity contribution in [3.63, 3.8) is 0 Å². The van der Waals surface area contributed by atoms with Crippen molar-refractivity contribution in [2.75, 3.05) is 52.9 Å². The summed E-state index contributed by atoms with van der Waals surface area (Å²) < 4.78 is 47.2. The third kappa shape index (κ3) is 7.84. The maximum absolute atomic E-state index is 6.16. The summed E-state index contributed by atoms with van der Waals surface area (Å²) in [6.45, 7) is 18.0. The van der Waals surface area contributed by atoms with Crippen LogP contribution in [0.25, 0.3) is 0 Å². The zero-order valence-corrected chi connectivity index (χ0v) is 21.3. The van der Waals surface area contributed by atoms with Crippen LogP contribution in [0.15, 0.2) is 0 Å². The van der Waals surface area contributed by atoms with Crippen molar-refractivity contribution in [3.05, 3.63) is 0 Å². The van der Waals surface area contributed by atoms with E-state index in [2.05, 4.69) is 41.5 Å². The van der Waals surface area contributed by atoms with E-state index < -0.39 is 0 Å². The molecule has 4 atom stereocenters. The molecule has 0 aromatic carbocycles. The lowest BCUT2D eigenvalue weighted by Crippen LogP contribution is -2.54. The van der Waals surface area contributed by atoms with Gasteiger partial charge in [0.2, 0.25) is 0 Å². The Morgan fingerprint density at radius 3 is 1.30 bits per heavy atom. The topological polar surface area (TPSA) is 80.4 Å². The maximum Gasteiger partial charge on any atom is 0.160 e. The van der Waals surface area contributed by atoms with Crippen LogP contribution in [0.1, 0.15) is 54.4 Å². The minimum absolute atomic E-state index is 0.221. The first-order valence-corrected chi connectivity index (χ1v) is 12.5. The molecule has 0 amide bonds. The molecule has 0 saturated carbocycles. The quantitative estimate of drug-likeness (QED) is 0.401. The van der Waals surface area contributed by atoms with Crippen LogP contribution in [0.3, 0.4) is 0 Å². The molecule has 192 valence electrons. The summed E-state index contributed by atoms with van der Waals surface area (Å²) in [6, 6.07) is 0. The molecule has 4 saturated heterocycles. The fourth-order valence-corrected chi connectivity index (χ4v) is 4.87. The highest BCUT2D eigenvalue weighted by atomic mass is 16.7. The van der Waals surface area contributed by atoms with Crippen molar-refractivity contribution in [3.8, 4) is 0 Å². The minimum atomic E-state index is -0.239. The van der Waals surface area contributed by atoms with Gasteiger partial charge in [-0.25, -0.2) is 0 Å². The van der Waals surface area contributed by atoms with E-state index in [1.54, 1.807) is 0 Å². The van der Waals surface area contributed by atoms with Crippen molar-refractivity contribution >= 4 is 0 Å². The first kappa shape index (κ1) is 25.8. The van der Waals surface area contributed by atoms with Crippen LogP contribution in [0.4, 0.5) is 0 Å². The van der Waals surface area contributed by atoms with Crippen molar-refractivity contribution in [2.24, 2.45) is 17.3 Å². The Bertz CT molecular complexity index is 556. The molecule has 4 aliphatic rings. The summed E-state index contributed by atoms with van der Waals surface area (Å²) in [5, 5.41) is 0. The molecule has 4 aliphatic heterocycles. The Morgan fingerprint density at radius 2 is 1.00 bits per heavy atom. The molecular weight excluding hydrogens is 428 g/mol. The van der Waals surface area contributed by atoms with Crippen molar-refractivity contribution in [1.82, 2.24) is 0 Å². The summed E-state index contributed by atoms with van der Waals surface area (Å²) in [5.41, 5.74) is -0.718. The highest BCUT2D eigenvalue weighted by molar-refractivity contribution is 4.87. The van der Waals surface area contributed by atoms with Gasteiger partial charge in [0.1, 0.15) is 12.2 Å². The minimum Gasteiger partial charge on any atom is -0.373 e. The zero-order chi connectivity index (χ0) is 23.7. The number of ether oxygens (including phenoxy) is 8. The molecule has 0 aliphatic carbocycles. The van der Waals surface area contributed by atoms with E-state index in [1.165, 1.54) is 0 Å². The summed E-state index contributed by atoms with van der Waals surface area (Å²) in [7, 11) is 0. The predicted octanol–water partition coefficient (Wildman–Crippen LogP) is 3.16. The van der Waals surface area contributed by atoms with Crippen LogP contribution in [0, 0.1) is 17.3 Å². The Kier molecular flexibility index (Phi) is 8.08. The number of rotatable bonds is 12. The van der Waals surface area contributed by atoms with Gasteiger partial charge in [-0.15, -0.1) is 0 Å². The molecule has 4 rings (SSSR count). The second-order valence-corrected chi connectivity index (χ2v) is 11.9. The van der Waals surface area contributed by atoms with Crippen molar-refractivity contribution in [2.45, 2.75) is 90.4 Å². The summed E-state index contributed by atoms with van der Waals surface area (Å²) in [6.07, 6.45) is 1.79. The molecule has 4 unspecified atom stereocenters. The second kappa shape index (κ2) is 10.3. The SMILES string of the molecule is CC(CC(C)(C)OCC1CO1)C1OCC2(CO1)COC(C(C)CC(C)(C)OCC1CO1)OC2. The molecule has 0 bridgehead atoms. The van der Waals surface area contributed by atoms with Crippen LogP contribution >= 0.6 is 0 Å². The Balaban J connectivity index is 1.16. The van der Waals surface area contributed by atoms with E-state index in [4.69, 9.17) is 37.9 Å². The molecule has 4 fully saturated rings. The van der Waals surface area contributed by atoms with Gasteiger partial charge >= 0.3 is 0 Å². The lowest BCUT2D eigenvalue weighted by atomic mass is 9.88. The molecule has 4 heterocycles. The molecule has 0 aromatic heterocycles. The van der Waals surface area contributed by atoms with Gasteiger partial charge in [-0.2, -0.15) is 0 Å². The van der Waals surface area contributed by atoms with Crippen LogP contribution in [0.2, 0.25) is 0 Å². The zero-order valence-electron chi connectivity index (χ0n) is 21.3. The first-order valence-electron chi connectivity index (χ1n) is 12.5. The molecule has 8 nitrogen and oxygen atoms in total. The highest BCUT2D eigenvalue weighted by Crippen LogP contribution is 2.36. The van der Waals surface area contributed by atoms with Gasteiger partial charge < -0.3 is 37.9 Å². The average Bonchev–Trinajstić information content (AvgIpc) is 3.66. The third-order valence-corrected chi connectivity index (χ3v) is 6.90. The van der Waals surface area contributed by atoms with Gasteiger partial charge in [-0.1, -0.05) is 13.8 Å². The summed E-state index contributed by atoms with van der Waals surface area (Å²) in [4.78, 5) is 0. The Morgan fingerprint density at radius 1 is 0.667 bits per heavy atom. The summed E-state index contributed by atoms with van der Waals surface area (Å²) >= 11 is 0. The van der Waals surface area contributed by atoms with Crippen molar-refractivity contribution < 1.29 is 37.9 Å². The molecule has 0 N–H and O–H groups in total. The van der Waals surface area contributed by atoms with Crippen LogP contribution < -0.4 is 0 Å². The van der Waals surface area contributed by atoms with E-state index in [0.29, 0.717) is 39.6 Å². The standard InChI is InChI=1S/C25H44O8/c1-17(7-23(3,4)32-11-19-9-26-19)21-28-13-25(14-29-21)15-30-22(31-16-25)18(2)8-24(5,6)33-12-20-10-27-20/h17-22H,7-16H2,1-6H3. The van der Waals surface area contributed by atoms with E-state index in [-0.39, 0.29) is 53.2 Å². The number of hydrogen-bond donors (Lipinski definition) is 0. The van der Waals surface area contributed by atoms with Crippen LogP contribution in [-0.4, -0.2) is 88.8 Å². The molecule has 0 aromatic rings. The third-order valence-electron chi connectivity index (χ3n) is 6.90. The number of epoxide rings is 2. The Hall–Kier alpha value is -0.320. The second-order valence-electron chi connectivity index (χ2n) is 11.9. The lowest BCUT2D eigenvalue weighted by molar-refractivity contribution is -0.320. The van der Waals surface area contributed by atoms with Gasteiger partial charge in [-0.05, 0) is 40.5 Å². The van der Waals surface area contributed by atoms with Gasteiger partial charge in [0, 0.05) is 11.8 Å². The molecular formula is C25H44O8. The Labute approximate surface area is 198 Å². The van der Waals surface area contributed by atoms with E-state index in [9.17, 15) is 0 Å². The first-order chi connectivity index (χ1) is 15.5. The normalized spacial score (nSPS) is 36.5. The smallest absolute Gasteiger partial charge is 0.160 e. The van der Waals surface area contributed by atoms with Gasteiger partial charge in [-0.3, -0.25) is 0 Å². The van der Waals surface area contributed by atoms with Gasteiger partial charge in [0.25, 0.3) is 0 Å². The molecule has 1 spiro atoms. The summed E-state index contributed by atoms with van der Waals surface area (Å²) in [5.74, 6) is 0.442. The lowest BCUT2D eigenvalue weighted by Gasteiger charge is -2.46. The average molecular weight is 473 g/mol. The van der Waals surface area contributed by atoms with Crippen LogP contribution in [0.5, 0.6) is 0 Å². The molecule has 0 radical (unpaired) electrons. The van der Waals surface area contributed by atoms with Crippen LogP contribution in [-0.2, 0) is 37.9 Å². The fourth-order valence-electron chi connectivity index (χ4n) is 4.87. The maximum atomic E-state index is 6.16. The van der Waals surface area contributed by atoms with Crippen molar-refractivity contribution in [1.29, 1.82) is 0 Å². The van der Waals surface area contributed by atoms with Gasteiger partial charge in [0.05, 0.1) is 69.5 Å². The highest BCUT2D eigenvalue weighted by Gasteiger charge is 2.45. The molecule has 8 heteroatoms. The van der Waals surface area contributed by atoms with Gasteiger partial charge in [0.15, 0.2) is 12.6 Å². The van der Waals surface area contributed by atoms with E-state index in [0.717, 1.165) is 26.1 Å². The number of hydrogen-bond acceptors (Lipinski definition) is 8. The fraction of sp³-hybridized carbons (Fsp3) is 1.00. The largest absolute Gasteiger partial charge is 0.373 e. The van der Waals surface area contributed by atoms with E-state index >= 15 is 0 Å².